The summed E-state index contributed by atoms with van der Waals surface area (Å²) in [6, 6.07) is 13.3. The van der Waals surface area contributed by atoms with Gasteiger partial charge in [-0.25, -0.2) is 8.42 Å². The molecule has 0 saturated heterocycles. The molecule has 0 aliphatic heterocycles. The topological polar surface area (TPSA) is 111 Å². The molecule has 0 radical (unpaired) electrons. The lowest BCUT2D eigenvalue weighted by atomic mass is 10.1. The summed E-state index contributed by atoms with van der Waals surface area (Å²) < 4.78 is 37.7. The monoisotopic (exact) mass is 434 g/mol. The van der Waals surface area contributed by atoms with E-state index in [2.05, 4.69) is 10.0 Å². The molecule has 2 aromatic carbocycles. The van der Waals surface area contributed by atoms with E-state index in [9.17, 15) is 18.0 Å². The van der Waals surface area contributed by atoms with Crippen molar-refractivity contribution in [2.75, 3.05) is 18.5 Å². The number of nitrogens with one attached hydrogen (secondary N) is 2. The highest BCUT2D eigenvalue weighted by Crippen LogP contribution is 2.16. The van der Waals surface area contributed by atoms with Crippen molar-refractivity contribution in [2.24, 2.45) is 5.92 Å². The van der Waals surface area contributed by atoms with E-state index in [1.54, 1.807) is 56.3 Å². The Morgan fingerprint density at radius 3 is 2.20 bits per heavy atom. The fourth-order valence-corrected chi connectivity index (χ4v) is 3.87. The molecule has 2 aromatic rings. The third kappa shape index (κ3) is 6.85. The Morgan fingerprint density at radius 1 is 1.00 bits per heavy atom. The van der Waals surface area contributed by atoms with Gasteiger partial charge < -0.3 is 14.8 Å². The number of rotatable bonds is 10. The summed E-state index contributed by atoms with van der Waals surface area (Å²) in [5, 5.41) is 2.60. The van der Waals surface area contributed by atoms with Crippen LogP contribution in [0, 0.1) is 5.92 Å². The lowest BCUT2D eigenvalue weighted by molar-refractivity contribution is -0.150. The Labute approximate surface area is 176 Å². The predicted octanol–water partition coefficient (Wildman–Crippen LogP) is 2.57. The minimum Gasteiger partial charge on any atom is -0.494 e. The van der Waals surface area contributed by atoms with Gasteiger partial charge in [0.1, 0.15) is 11.8 Å². The quantitative estimate of drug-likeness (QED) is 0.556. The van der Waals surface area contributed by atoms with E-state index in [0.29, 0.717) is 18.0 Å². The first-order chi connectivity index (χ1) is 14.2. The summed E-state index contributed by atoms with van der Waals surface area (Å²) in [7, 11) is -3.91. The van der Waals surface area contributed by atoms with E-state index in [1.807, 2.05) is 6.92 Å². The van der Waals surface area contributed by atoms with E-state index in [-0.39, 0.29) is 10.8 Å². The molecule has 0 heterocycles. The zero-order valence-electron chi connectivity index (χ0n) is 17.1. The van der Waals surface area contributed by atoms with E-state index in [4.69, 9.17) is 9.47 Å². The number of hydrogen-bond acceptors (Lipinski definition) is 6. The van der Waals surface area contributed by atoms with Crippen molar-refractivity contribution < 1.29 is 27.5 Å². The average molecular weight is 435 g/mol. The molecule has 162 valence electrons. The third-order valence-electron chi connectivity index (χ3n) is 4.05. The van der Waals surface area contributed by atoms with Crippen LogP contribution in [0.5, 0.6) is 5.75 Å². The van der Waals surface area contributed by atoms with E-state index in [0.717, 1.165) is 0 Å². The van der Waals surface area contributed by atoms with Gasteiger partial charge in [0.25, 0.3) is 5.91 Å². The summed E-state index contributed by atoms with van der Waals surface area (Å²) >= 11 is 0. The van der Waals surface area contributed by atoms with Crippen LogP contribution in [-0.2, 0) is 24.3 Å². The molecular formula is C21H26N2O6S. The Kier molecular flexibility index (Phi) is 8.37. The number of benzene rings is 2. The first kappa shape index (κ1) is 23.4. The zero-order valence-corrected chi connectivity index (χ0v) is 17.9. The maximum absolute atomic E-state index is 12.5. The summed E-state index contributed by atoms with van der Waals surface area (Å²) in [4.78, 5) is 24.5. The second kappa shape index (κ2) is 10.7. The minimum absolute atomic E-state index is 0.0386. The molecule has 9 heteroatoms. The molecule has 8 nitrogen and oxygen atoms in total. The lowest BCUT2D eigenvalue weighted by Crippen LogP contribution is -2.45. The lowest BCUT2D eigenvalue weighted by Gasteiger charge is -2.20. The minimum atomic E-state index is -3.91. The van der Waals surface area contributed by atoms with Gasteiger partial charge >= 0.3 is 5.97 Å². The second-order valence-electron chi connectivity index (χ2n) is 6.77. The summed E-state index contributed by atoms with van der Waals surface area (Å²) in [6.07, 6.45) is 0. The van der Waals surface area contributed by atoms with Crippen LogP contribution in [0.4, 0.5) is 5.69 Å². The van der Waals surface area contributed by atoms with Crippen LogP contribution in [0.2, 0.25) is 0 Å². The molecule has 1 atom stereocenters. The fourth-order valence-electron chi connectivity index (χ4n) is 2.52. The fraction of sp³-hybridized carbons (Fsp3) is 0.333. The first-order valence-electron chi connectivity index (χ1n) is 9.49. The Balaban J connectivity index is 1.94. The van der Waals surface area contributed by atoms with Crippen molar-refractivity contribution >= 4 is 27.6 Å². The van der Waals surface area contributed by atoms with Crippen LogP contribution in [0.15, 0.2) is 59.5 Å². The number of sulfonamides is 1. The predicted molar refractivity (Wildman–Crippen MR) is 113 cm³/mol. The number of carbonyl (C=O) groups is 2. The summed E-state index contributed by atoms with van der Waals surface area (Å²) in [6.45, 7) is 5.22. The number of anilines is 1. The normalized spacial score (nSPS) is 12.3. The molecule has 30 heavy (non-hydrogen) atoms. The van der Waals surface area contributed by atoms with E-state index >= 15 is 0 Å². The summed E-state index contributed by atoms with van der Waals surface area (Å²) in [5.74, 6) is -1.08. The van der Waals surface area contributed by atoms with Gasteiger partial charge in [0.05, 0.1) is 11.5 Å². The number of ether oxygens (including phenoxy) is 2. The summed E-state index contributed by atoms with van der Waals surface area (Å²) in [5.41, 5.74) is 0.518. The van der Waals surface area contributed by atoms with E-state index in [1.165, 1.54) is 12.1 Å². The SMILES string of the molecule is CCOc1ccc(NC(=O)COC(=O)[C@@H](NS(=O)(=O)c2ccccc2)C(C)C)cc1. The van der Waals surface area contributed by atoms with Crippen molar-refractivity contribution in [1.82, 2.24) is 4.72 Å². The largest absolute Gasteiger partial charge is 0.494 e. The highest BCUT2D eigenvalue weighted by Gasteiger charge is 2.30. The molecule has 2 N–H and O–H groups in total. The standard InChI is InChI=1S/C21H26N2O6S/c1-4-28-17-12-10-16(11-13-17)22-19(24)14-29-21(25)20(15(2)3)23-30(26,27)18-8-6-5-7-9-18/h5-13,15,20,23H,4,14H2,1-3H3,(H,22,24)/t20-/m0/s1. The molecule has 2 rings (SSSR count). The van der Waals surface area contributed by atoms with Crippen molar-refractivity contribution in [1.29, 1.82) is 0 Å². The molecule has 0 aromatic heterocycles. The van der Waals surface area contributed by atoms with Crippen LogP contribution in [0.3, 0.4) is 0 Å². The Hall–Kier alpha value is -2.91. The van der Waals surface area contributed by atoms with Gasteiger partial charge in [-0.2, -0.15) is 4.72 Å². The van der Waals surface area contributed by atoms with Crippen molar-refractivity contribution in [3.05, 3.63) is 54.6 Å². The molecule has 0 spiro atoms. The number of esters is 1. The van der Waals surface area contributed by atoms with Gasteiger partial charge in [-0.15, -0.1) is 0 Å². The van der Waals surface area contributed by atoms with Crippen LogP contribution in [0.25, 0.3) is 0 Å². The van der Waals surface area contributed by atoms with Crippen LogP contribution >= 0.6 is 0 Å². The number of carbonyl (C=O) groups excluding carboxylic acids is 2. The van der Waals surface area contributed by atoms with Gasteiger partial charge in [0.15, 0.2) is 6.61 Å². The smallest absolute Gasteiger partial charge is 0.324 e. The molecule has 1 amide bonds. The third-order valence-corrected chi connectivity index (χ3v) is 5.51. The Bertz CT molecular complexity index is 943. The molecule has 0 aliphatic carbocycles. The maximum Gasteiger partial charge on any atom is 0.324 e. The highest BCUT2D eigenvalue weighted by atomic mass is 32.2. The highest BCUT2D eigenvalue weighted by molar-refractivity contribution is 7.89. The van der Waals surface area contributed by atoms with Gasteiger partial charge in [-0.3, -0.25) is 9.59 Å². The van der Waals surface area contributed by atoms with Crippen molar-refractivity contribution in [3.63, 3.8) is 0 Å². The van der Waals surface area contributed by atoms with Gasteiger partial charge in [0, 0.05) is 5.69 Å². The van der Waals surface area contributed by atoms with Crippen molar-refractivity contribution in [2.45, 2.75) is 31.7 Å². The second-order valence-corrected chi connectivity index (χ2v) is 8.48. The van der Waals surface area contributed by atoms with Crippen LogP contribution in [0.1, 0.15) is 20.8 Å². The van der Waals surface area contributed by atoms with Crippen LogP contribution < -0.4 is 14.8 Å². The van der Waals surface area contributed by atoms with E-state index < -0.39 is 34.5 Å². The van der Waals surface area contributed by atoms with Gasteiger partial charge in [0.2, 0.25) is 10.0 Å². The molecule has 0 bridgehead atoms. The van der Waals surface area contributed by atoms with Crippen molar-refractivity contribution in [3.8, 4) is 5.75 Å². The first-order valence-corrected chi connectivity index (χ1v) is 11.0. The number of amides is 1. The molecular weight excluding hydrogens is 408 g/mol. The van der Waals surface area contributed by atoms with Gasteiger partial charge in [-0.1, -0.05) is 32.0 Å². The van der Waals surface area contributed by atoms with Crippen LogP contribution in [-0.4, -0.2) is 39.5 Å². The molecule has 0 saturated carbocycles. The molecule has 0 fully saturated rings. The maximum atomic E-state index is 12.5. The van der Waals surface area contributed by atoms with Gasteiger partial charge in [-0.05, 0) is 49.2 Å². The Morgan fingerprint density at radius 2 is 1.63 bits per heavy atom. The molecule has 0 unspecified atom stereocenters. The molecule has 0 aliphatic rings. The average Bonchev–Trinajstić information content (AvgIpc) is 2.72. The number of hydrogen-bond donors (Lipinski definition) is 2. The zero-order chi connectivity index (χ0) is 22.1.